The Morgan fingerprint density at radius 1 is 1.14 bits per heavy atom. The molecule has 0 radical (unpaired) electrons. The van der Waals surface area contributed by atoms with Gasteiger partial charge in [0.1, 0.15) is 10.1 Å². The fraction of sp³-hybridized carbons (Fsp3) is 0.118. The molecule has 0 N–H and O–H groups in total. The van der Waals surface area contributed by atoms with E-state index in [-0.39, 0.29) is 54.7 Å². The number of amides is 1. The Kier molecular flexibility index (Phi) is 7.24. The Balaban J connectivity index is 0.00000300. The van der Waals surface area contributed by atoms with Crippen molar-refractivity contribution >= 4 is 76.8 Å². The van der Waals surface area contributed by atoms with E-state index >= 15 is 0 Å². The molecule has 0 aliphatic carbocycles. The van der Waals surface area contributed by atoms with Gasteiger partial charge in [-0.2, -0.15) is 20.3 Å². The van der Waals surface area contributed by atoms with Crippen LogP contribution in [-0.2, 0) is 14.9 Å². The van der Waals surface area contributed by atoms with Crippen LogP contribution >= 0.6 is 0 Å². The van der Waals surface area contributed by atoms with Crippen molar-refractivity contribution in [2.24, 2.45) is 15.3 Å². The molecule has 1 unspecified atom stereocenters. The van der Waals surface area contributed by atoms with Crippen LogP contribution < -0.4 is 10.1 Å². The zero-order valence-electron chi connectivity index (χ0n) is 15.0. The zero-order valence-corrected chi connectivity index (χ0v) is 18.1. The summed E-state index contributed by atoms with van der Waals surface area (Å²) in [5.41, 5.74) is 0.411. The Hall–Kier alpha value is -2.18. The summed E-state index contributed by atoms with van der Waals surface area (Å²) in [5, 5.41) is 23.9. The number of carbonyl (C=O) groups excluding carboxylic acids is 2. The molecule has 10 nitrogen and oxygen atoms in total. The Labute approximate surface area is 195 Å². The maximum atomic E-state index is 12.6. The van der Waals surface area contributed by atoms with Gasteiger partial charge >= 0.3 is 37.7 Å². The van der Waals surface area contributed by atoms with Gasteiger partial charge in [-0.15, -0.1) is 0 Å². The second-order valence-electron chi connectivity index (χ2n) is 5.76. The average molecular weight is 440 g/mol. The van der Waals surface area contributed by atoms with Crippen molar-refractivity contribution < 1.29 is 27.7 Å². The molecule has 2 aromatic carbocycles. The normalized spacial score (nSPS) is 16.6. The van der Waals surface area contributed by atoms with Crippen molar-refractivity contribution in [1.82, 2.24) is 0 Å². The van der Waals surface area contributed by atoms with Gasteiger partial charge in [0, 0.05) is 5.56 Å². The van der Waals surface area contributed by atoms with Gasteiger partial charge in [0.15, 0.2) is 6.04 Å². The summed E-state index contributed by atoms with van der Waals surface area (Å²) in [6.07, 6.45) is 0. The van der Waals surface area contributed by atoms with E-state index in [1.807, 2.05) is 0 Å². The first-order valence-corrected chi connectivity index (χ1v) is 9.25. The molecule has 1 atom stereocenters. The molecule has 29 heavy (non-hydrogen) atoms. The minimum Gasteiger partial charge on any atom is -0.744 e. The van der Waals surface area contributed by atoms with E-state index in [0.717, 1.165) is 17.1 Å². The van der Waals surface area contributed by atoms with Crippen molar-refractivity contribution in [2.75, 3.05) is 5.01 Å². The molecule has 0 bridgehead atoms. The number of rotatable bonds is 5. The number of hydrogen-bond acceptors (Lipinski definition) is 9. The number of anilines is 1. The van der Waals surface area contributed by atoms with Gasteiger partial charge in [-0.3, -0.25) is 4.79 Å². The van der Waals surface area contributed by atoms with Crippen LogP contribution in [0.3, 0.4) is 0 Å². The predicted octanol–water partition coefficient (Wildman–Crippen LogP) is 0.448. The molecule has 0 fully saturated rings. The van der Waals surface area contributed by atoms with Crippen LogP contribution in [0.5, 0.6) is 0 Å². The van der Waals surface area contributed by atoms with E-state index < -0.39 is 32.9 Å². The number of carbonyl (C=O) groups is 2. The van der Waals surface area contributed by atoms with Crippen LogP contribution in [0.4, 0.5) is 11.4 Å². The van der Waals surface area contributed by atoms with E-state index in [4.69, 9.17) is 0 Å². The predicted molar refractivity (Wildman–Crippen MR) is 99.8 cm³/mol. The van der Waals surface area contributed by atoms with Crippen LogP contribution in [0.25, 0.3) is 0 Å². The van der Waals surface area contributed by atoms with Gasteiger partial charge in [0.2, 0.25) is 0 Å². The fourth-order valence-corrected chi connectivity index (χ4v) is 2.95. The number of carboxylic acid groups (broad SMARTS) is 1. The van der Waals surface area contributed by atoms with Gasteiger partial charge in [-0.25, -0.2) is 8.42 Å². The summed E-state index contributed by atoms with van der Waals surface area (Å²) in [4.78, 5) is 23.3. The molecule has 0 saturated carbocycles. The first-order chi connectivity index (χ1) is 13.2. The van der Waals surface area contributed by atoms with Gasteiger partial charge in [0.25, 0.3) is 5.91 Å². The van der Waals surface area contributed by atoms with E-state index in [2.05, 4.69) is 15.3 Å². The molecule has 1 amide bonds. The number of benzene rings is 2. The monoisotopic (exact) mass is 440 g/mol. The Bertz CT molecular complexity index is 1110. The van der Waals surface area contributed by atoms with Crippen LogP contribution in [0.1, 0.15) is 17.3 Å². The number of hydrogen-bond donors (Lipinski definition) is 0. The van der Waals surface area contributed by atoms with Crippen LogP contribution in [0, 0.1) is 0 Å². The van der Waals surface area contributed by atoms with Crippen LogP contribution in [0.15, 0.2) is 68.8 Å². The van der Waals surface area contributed by atoms with E-state index in [9.17, 15) is 27.7 Å². The summed E-state index contributed by atoms with van der Waals surface area (Å²) in [5.74, 6) is -1.99. The molecule has 0 aromatic heterocycles. The minimum absolute atomic E-state index is 0. The Morgan fingerprint density at radius 3 is 2.34 bits per heavy atom. The van der Waals surface area contributed by atoms with Gasteiger partial charge in [-0.1, -0.05) is 18.2 Å². The maximum absolute atomic E-state index is 12.6. The number of azo groups is 1. The van der Waals surface area contributed by atoms with Crippen molar-refractivity contribution in [3.8, 4) is 0 Å². The van der Waals surface area contributed by atoms with Crippen molar-refractivity contribution in [3.63, 3.8) is 0 Å². The summed E-state index contributed by atoms with van der Waals surface area (Å²) in [6, 6.07) is 9.40. The summed E-state index contributed by atoms with van der Waals surface area (Å²) >= 11 is 0. The first-order valence-electron chi connectivity index (χ1n) is 7.85. The molecule has 0 spiro atoms. The molecule has 2 aromatic rings. The average Bonchev–Trinajstić information content (AvgIpc) is 2.93. The number of nitrogens with zero attached hydrogens (tertiary/aromatic N) is 4. The van der Waals surface area contributed by atoms with Crippen LogP contribution in [-0.4, -0.2) is 74.3 Å². The Morgan fingerprint density at radius 2 is 1.76 bits per heavy atom. The SMILES string of the molecule is CC1=NN(c2ccc(S(=O)(=O)[O-])cc2)C(=O)C1N=Nc1ccccc1C(=O)[O-].[Ca+2]. The first kappa shape index (κ1) is 23.1. The molecule has 1 heterocycles. The smallest absolute Gasteiger partial charge is 0.744 e. The van der Waals surface area contributed by atoms with Gasteiger partial charge in [-0.05, 0) is 37.3 Å². The molecule has 0 saturated heterocycles. The van der Waals surface area contributed by atoms with Gasteiger partial charge < -0.3 is 14.5 Å². The molecule has 3 rings (SSSR count). The molecular weight excluding hydrogens is 428 g/mol. The third kappa shape index (κ3) is 5.06. The third-order valence-electron chi connectivity index (χ3n) is 3.87. The molecular formula is C17H12CaN4O6S. The summed E-state index contributed by atoms with van der Waals surface area (Å²) in [7, 11) is -4.60. The molecule has 144 valence electrons. The maximum Gasteiger partial charge on any atom is 2.00 e. The van der Waals surface area contributed by atoms with Crippen molar-refractivity contribution in [2.45, 2.75) is 17.9 Å². The van der Waals surface area contributed by atoms with Crippen molar-refractivity contribution in [1.29, 1.82) is 0 Å². The zero-order chi connectivity index (χ0) is 20.5. The molecule has 12 heteroatoms. The third-order valence-corrected chi connectivity index (χ3v) is 4.72. The topological polar surface area (TPSA) is 155 Å². The number of hydrazone groups is 1. The fourth-order valence-electron chi connectivity index (χ4n) is 2.48. The number of carboxylic acids is 1. The van der Waals surface area contributed by atoms with Crippen LogP contribution in [0.2, 0.25) is 0 Å². The second kappa shape index (κ2) is 9.09. The standard InChI is InChI=1S/C17H14N4O6S.Ca/c1-10-15(19-18-14-5-3-2-4-13(14)17(23)24)16(22)21(20-10)11-6-8-12(9-7-11)28(25,26)27;/h2-9,15H,1H3,(H,23,24)(H,25,26,27);/q;+2/p-2. The van der Waals surface area contributed by atoms with E-state index in [1.54, 1.807) is 13.0 Å². The number of aromatic carboxylic acids is 1. The van der Waals surface area contributed by atoms with E-state index in [0.29, 0.717) is 5.71 Å². The molecule has 1 aliphatic heterocycles. The van der Waals surface area contributed by atoms with Gasteiger partial charge in [0.05, 0.1) is 28.0 Å². The summed E-state index contributed by atoms with van der Waals surface area (Å²) < 4.78 is 33.0. The van der Waals surface area contributed by atoms with Crippen molar-refractivity contribution in [3.05, 3.63) is 54.1 Å². The van der Waals surface area contributed by atoms with E-state index in [1.165, 1.54) is 30.3 Å². The summed E-state index contributed by atoms with van der Waals surface area (Å²) in [6.45, 7) is 1.54. The quantitative estimate of drug-likeness (QED) is 0.373. The minimum atomic E-state index is -4.60. The largest absolute Gasteiger partial charge is 2.00 e. The molecule has 1 aliphatic rings. The second-order valence-corrected chi connectivity index (χ2v) is 7.14.